The Kier molecular flexibility index (Phi) is 6.34. The highest BCUT2D eigenvalue weighted by atomic mass is 35.5. The molecule has 3 aromatic rings. The zero-order chi connectivity index (χ0) is 20.4. The molecule has 0 spiro atoms. The van der Waals surface area contributed by atoms with Crippen LogP contribution in [0.2, 0.25) is 10.0 Å². The van der Waals surface area contributed by atoms with Gasteiger partial charge in [-0.15, -0.1) is 16.4 Å². The van der Waals surface area contributed by atoms with E-state index < -0.39 is 5.97 Å². The maximum atomic E-state index is 12.7. The third-order valence-corrected chi connectivity index (χ3v) is 6.33. The number of carbonyl (C=O) groups is 2. The minimum atomic E-state index is -0.571. The van der Waals surface area contributed by atoms with Crippen molar-refractivity contribution in [3.05, 3.63) is 49.3 Å². The first kappa shape index (κ1) is 20.7. The van der Waals surface area contributed by atoms with Crippen LogP contribution in [-0.2, 0) is 11.2 Å². The molecule has 0 saturated carbocycles. The number of aromatic nitrogens is 2. The van der Waals surface area contributed by atoms with Crippen LogP contribution in [-0.4, -0.2) is 28.6 Å². The molecular formula is C18H15Cl2N3O3S2. The number of rotatable bonds is 5. The molecule has 0 unspecified atom stereocenters. The number of esters is 1. The second-order valence-corrected chi connectivity index (χ2v) is 8.53. The van der Waals surface area contributed by atoms with E-state index in [4.69, 9.17) is 27.9 Å². The van der Waals surface area contributed by atoms with Crippen LogP contribution in [0, 0.1) is 6.92 Å². The zero-order valence-electron chi connectivity index (χ0n) is 15.1. The standard InChI is InChI=1S/C18H15Cl2N3O3S2/c1-4-12-15(28-23-22-12)16(24)21-17-14(18(25)26-3)13(8(2)27-17)10-6-5-9(19)7-11(10)20/h5-7H,4H2,1-3H3,(H,21,24). The third-order valence-electron chi connectivity index (χ3n) is 4.00. The Hall–Kier alpha value is -2.00. The average molecular weight is 456 g/mol. The number of benzene rings is 1. The van der Waals surface area contributed by atoms with Crippen LogP contribution in [0.3, 0.4) is 0 Å². The van der Waals surface area contributed by atoms with Crippen molar-refractivity contribution in [1.82, 2.24) is 9.59 Å². The van der Waals surface area contributed by atoms with E-state index in [0.29, 0.717) is 43.2 Å². The van der Waals surface area contributed by atoms with Crippen molar-refractivity contribution in [2.45, 2.75) is 20.3 Å². The molecule has 146 valence electrons. The summed E-state index contributed by atoms with van der Waals surface area (Å²) < 4.78 is 8.79. The Bertz CT molecular complexity index is 1060. The zero-order valence-corrected chi connectivity index (χ0v) is 18.3. The summed E-state index contributed by atoms with van der Waals surface area (Å²) in [5, 5.41) is 8.02. The Balaban J connectivity index is 2.10. The van der Waals surface area contributed by atoms with Gasteiger partial charge in [0.15, 0.2) is 0 Å². The number of halogens is 2. The first-order chi connectivity index (χ1) is 13.4. The molecule has 0 saturated heterocycles. The summed E-state index contributed by atoms with van der Waals surface area (Å²) >= 11 is 14.6. The highest BCUT2D eigenvalue weighted by Crippen LogP contribution is 2.43. The first-order valence-electron chi connectivity index (χ1n) is 8.17. The lowest BCUT2D eigenvalue weighted by Gasteiger charge is -2.09. The lowest BCUT2D eigenvalue weighted by atomic mass is 10.0. The van der Waals surface area contributed by atoms with Crippen LogP contribution in [0.5, 0.6) is 0 Å². The molecule has 0 aliphatic rings. The fraction of sp³-hybridized carbons (Fsp3) is 0.222. The van der Waals surface area contributed by atoms with Crippen LogP contribution >= 0.6 is 46.1 Å². The Morgan fingerprint density at radius 2 is 2.04 bits per heavy atom. The minimum Gasteiger partial charge on any atom is -0.465 e. The number of aryl methyl sites for hydroxylation is 2. The van der Waals surface area contributed by atoms with E-state index >= 15 is 0 Å². The Labute approximate surface area is 179 Å². The van der Waals surface area contributed by atoms with Crippen molar-refractivity contribution < 1.29 is 14.3 Å². The predicted octanol–water partition coefficient (Wildman–Crippen LogP) is 5.48. The lowest BCUT2D eigenvalue weighted by Crippen LogP contribution is -2.14. The first-order valence-corrected chi connectivity index (χ1v) is 10.5. The molecule has 0 aliphatic carbocycles. The van der Waals surface area contributed by atoms with E-state index in [9.17, 15) is 9.59 Å². The van der Waals surface area contributed by atoms with Crippen molar-refractivity contribution in [1.29, 1.82) is 0 Å². The van der Waals surface area contributed by atoms with Gasteiger partial charge in [-0.3, -0.25) is 4.79 Å². The second kappa shape index (κ2) is 8.57. The molecule has 3 rings (SSSR count). The normalized spacial score (nSPS) is 10.8. The van der Waals surface area contributed by atoms with Gasteiger partial charge in [-0.25, -0.2) is 4.79 Å². The van der Waals surface area contributed by atoms with Gasteiger partial charge in [0, 0.05) is 26.0 Å². The van der Waals surface area contributed by atoms with Crippen molar-refractivity contribution in [2.75, 3.05) is 12.4 Å². The molecule has 0 aliphatic heterocycles. The maximum absolute atomic E-state index is 12.7. The van der Waals surface area contributed by atoms with Crippen LogP contribution in [0.15, 0.2) is 18.2 Å². The number of nitrogens with zero attached hydrogens (tertiary/aromatic N) is 2. The van der Waals surface area contributed by atoms with Crippen LogP contribution < -0.4 is 5.32 Å². The SMILES string of the molecule is CCc1nnsc1C(=O)Nc1sc(C)c(-c2ccc(Cl)cc2Cl)c1C(=O)OC. The number of amides is 1. The molecule has 1 N–H and O–H groups in total. The molecule has 2 aromatic heterocycles. The minimum absolute atomic E-state index is 0.248. The summed E-state index contributed by atoms with van der Waals surface area (Å²) in [6.45, 7) is 3.74. The summed E-state index contributed by atoms with van der Waals surface area (Å²) in [7, 11) is 1.29. The summed E-state index contributed by atoms with van der Waals surface area (Å²) in [4.78, 5) is 26.5. The van der Waals surface area contributed by atoms with Gasteiger partial charge in [-0.05, 0) is 37.0 Å². The maximum Gasteiger partial charge on any atom is 0.341 e. The van der Waals surface area contributed by atoms with Gasteiger partial charge in [0.25, 0.3) is 5.91 Å². The number of hydrogen-bond donors (Lipinski definition) is 1. The lowest BCUT2D eigenvalue weighted by molar-refractivity contribution is 0.0603. The van der Waals surface area contributed by atoms with E-state index in [1.807, 2.05) is 13.8 Å². The van der Waals surface area contributed by atoms with E-state index in [1.165, 1.54) is 18.4 Å². The van der Waals surface area contributed by atoms with Crippen LogP contribution in [0.25, 0.3) is 11.1 Å². The van der Waals surface area contributed by atoms with Crippen LogP contribution in [0.4, 0.5) is 5.00 Å². The summed E-state index contributed by atoms with van der Waals surface area (Å²) in [6.07, 6.45) is 0.582. The van der Waals surface area contributed by atoms with Gasteiger partial charge in [-0.1, -0.05) is 40.7 Å². The van der Waals surface area contributed by atoms with Gasteiger partial charge in [0.2, 0.25) is 0 Å². The summed E-state index contributed by atoms with van der Waals surface area (Å²) in [5.41, 5.74) is 2.09. The molecule has 1 amide bonds. The average Bonchev–Trinajstić information content (AvgIpc) is 3.25. The molecule has 0 radical (unpaired) electrons. The highest BCUT2D eigenvalue weighted by molar-refractivity contribution is 7.17. The number of nitrogens with one attached hydrogen (secondary N) is 1. The molecule has 1 aromatic carbocycles. The van der Waals surface area contributed by atoms with Crippen molar-refractivity contribution >= 4 is 62.9 Å². The largest absolute Gasteiger partial charge is 0.465 e. The number of methoxy groups -OCH3 is 1. The smallest absolute Gasteiger partial charge is 0.341 e. The molecule has 0 bridgehead atoms. The van der Waals surface area contributed by atoms with E-state index in [-0.39, 0.29) is 11.5 Å². The highest BCUT2D eigenvalue weighted by Gasteiger charge is 2.27. The van der Waals surface area contributed by atoms with Crippen molar-refractivity contribution in [2.24, 2.45) is 0 Å². The molecule has 2 heterocycles. The second-order valence-electron chi connectivity index (χ2n) is 5.71. The number of ether oxygens (including phenoxy) is 1. The fourth-order valence-electron chi connectivity index (χ4n) is 2.72. The molecule has 0 atom stereocenters. The van der Waals surface area contributed by atoms with Gasteiger partial charge < -0.3 is 10.1 Å². The number of thiophene rings is 1. The number of anilines is 1. The van der Waals surface area contributed by atoms with Crippen LogP contribution in [0.1, 0.15) is 37.5 Å². The third kappa shape index (κ3) is 3.91. The molecule has 10 heteroatoms. The predicted molar refractivity (Wildman–Crippen MR) is 113 cm³/mol. The number of hydrogen-bond acceptors (Lipinski definition) is 7. The molecule has 6 nitrogen and oxygen atoms in total. The fourth-order valence-corrected chi connectivity index (χ4v) is 4.92. The van der Waals surface area contributed by atoms with Gasteiger partial charge in [0.05, 0.1) is 12.8 Å². The monoisotopic (exact) mass is 455 g/mol. The topological polar surface area (TPSA) is 81.2 Å². The van der Waals surface area contributed by atoms with Gasteiger partial charge in [-0.2, -0.15) is 0 Å². The molecule has 0 fully saturated rings. The quantitative estimate of drug-likeness (QED) is 0.514. The van der Waals surface area contributed by atoms with Gasteiger partial charge >= 0.3 is 5.97 Å². The van der Waals surface area contributed by atoms with E-state index in [2.05, 4.69) is 14.9 Å². The van der Waals surface area contributed by atoms with E-state index in [0.717, 1.165) is 16.4 Å². The number of carbonyl (C=O) groups excluding carboxylic acids is 2. The summed E-state index contributed by atoms with van der Waals surface area (Å²) in [6, 6.07) is 5.03. The van der Waals surface area contributed by atoms with E-state index in [1.54, 1.807) is 18.2 Å². The molecular weight excluding hydrogens is 441 g/mol. The van der Waals surface area contributed by atoms with Gasteiger partial charge in [0.1, 0.15) is 15.4 Å². The molecule has 28 heavy (non-hydrogen) atoms. The summed E-state index contributed by atoms with van der Waals surface area (Å²) in [5.74, 6) is -0.939. The Morgan fingerprint density at radius 1 is 1.29 bits per heavy atom. The van der Waals surface area contributed by atoms with Crippen molar-refractivity contribution in [3.8, 4) is 11.1 Å². The van der Waals surface area contributed by atoms with Crippen molar-refractivity contribution in [3.63, 3.8) is 0 Å². The Morgan fingerprint density at radius 3 is 2.68 bits per heavy atom.